The second kappa shape index (κ2) is 7.58. The fraction of sp³-hybridized carbons (Fsp3) is 0.500. The van der Waals surface area contributed by atoms with Gasteiger partial charge in [-0.25, -0.2) is 0 Å². The van der Waals surface area contributed by atoms with E-state index in [-0.39, 0.29) is 5.91 Å². The van der Waals surface area contributed by atoms with Crippen LogP contribution in [0.4, 0.5) is 5.69 Å². The van der Waals surface area contributed by atoms with E-state index in [0.717, 1.165) is 19.3 Å². The van der Waals surface area contributed by atoms with Crippen molar-refractivity contribution < 1.29 is 9.53 Å². The van der Waals surface area contributed by atoms with Crippen LogP contribution in [0.3, 0.4) is 0 Å². The Morgan fingerprint density at radius 3 is 2.72 bits per heavy atom. The molecular formula is C14H22N2O2. The number of anilines is 1. The lowest BCUT2D eigenvalue weighted by molar-refractivity contribution is 0.0956. The van der Waals surface area contributed by atoms with Crippen LogP contribution in [0.5, 0.6) is 5.75 Å². The molecule has 0 saturated heterocycles. The summed E-state index contributed by atoms with van der Waals surface area (Å²) in [7, 11) is 0. The van der Waals surface area contributed by atoms with E-state index in [0.29, 0.717) is 30.2 Å². The molecule has 4 nitrogen and oxygen atoms in total. The van der Waals surface area contributed by atoms with Gasteiger partial charge in [-0.05, 0) is 31.5 Å². The van der Waals surface area contributed by atoms with Crippen molar-refractivity contribution in [2.45, 2.75) is 33.1 Å². The van der Waals surface area contributed by atoms with Gasteiger partial charge in [0.1, 0.15) is 5.75 Å². The molecular weight excluding hydrogens is 228 g/mol. The lowest BCUT2D eigenvalue weighted by Crippen LogP contribution is -2.22. The largest absolute Gasteiger partial charge is 0.491 e. The third-order valence-corrected chi connectivity index (χ3v) is 2.61. The fourth-order valence-electron chi connectivity index (χ4n) is 1.62. The van der Waals surface area contributed by atoms with Gasteiger partial charge in [-0.15, -0.1) is 0 Å². The Morgan fingerprint density at radius 2 is 2.11 bits per heavy atom. The molecule has 1 amide bonds. The van der Waals surface area contributed by atoms with Crippen LogP contribution in [-0.4, -0.2) is 19.1 Å². The third-order valence-electron chi connectivity index (χ3n) is 2.61. The summed E-state index contributed by atoms with van der Waals surface area (Å²) in [6.45, 7) is 5.30. The van der Waals surface area contributed by atoms with Gasteiger partial charge >= 0.3 is 0 Å². The Hall–Kier alpha value is -1.71. The first-order valence-electron chi connectivity index (χ1n) is 6.49. The second-order valence-corrected chi connectivity index (χ2v) is 4.17. The van der Waals surface area contributed by atoms with Crippen molar-refractivity contribution in [1.29, 1.82) is 0 Å². The Balaban J connectivity index is 2.59. The summed E-state index contributed by atoms with van der Waals surface area (Å²) in [5.41, 5.74) is 6.94. The number of rotatable bonds is 7. The molecule has 0 aliphatic carbocycles. The van der Waals surface area contributed by atoms with Crippen LogP contribution in [0.15, 0.2) is 18.2 Å². The molecule has 4 heteroatoms. The van der Waals surface area contributed by atoms with Crippen molar-refractivity contribution in [2.24, 2.45) is 0 Å². The van der Waals surface area contributed by atoms with Crippen molar-refractivity contribution in [1.82, 2.24) is 5.32 Å². The first kappa shape index (κ1) is 14.4. The predicted molar refractivity (Wildman–Crippen MR) is 73.9 cm³/mol. The highest BCUT2D eigenvalue weighted by molar-refractivity contribution is 5.95. The zero-order valence-corrected chi connectivity index (χ0v) is 11.2. The quantitative estimate of drug-likeness (QED) is 0.577. The van der Waals surface area contributed by atoms with Gasteiger partial charge in [0.05, 0.1) is 12.3 Å². The topological polar surface area (TPSA) is 64.3 Å². The number of unbranched alkanes of at least 4 members (excludes halogenated alkanes) is 2. The highest BCUT2D eigenvalue weighted by Crippen LogP contribution is 2.22. The van der Waals surface area contributed by atoms with E-state index in [1.54, 1.807) is 18.2 Å². The third kappa shape index (κ3) is 4.28. The number of nitrogen functional groups attached to an aromatic ring is 1. The van der Waals surface area contributed by atoms with Gasteiger partial charge in [-0.2, -0.15) is 0 Å². The monoisotopic (exact) mass is 250 g/mol. The number of carbonyl (C=O) groups is 1. The van der Waals surface area contributed by atoms with E-state index in [2.05, 4.69) is 12.2 Å². The van der Waals surface area contributed by atoms with E-state index in [9.17, 15) is 4.79 Å². The van der Waals surface area contributed by atoms with Crippen LogP contribution in [0, 0.1) is 0 Å². The molecule has 0 bridgehead atoms. The van der Waals surface area contributed by atoms with E-state index in [1.165, 1.54) is 0 Å². The van der Waals surface area contributed by atoms with E-state index in [4.69, 9.17) is 10.5 Å². The summed E-state index contributed by atoms with van der Waals surface area (Å²) in [5, 5.41) is 2.73. The summed E-state index contributed by atoms with van der Waals surface area (Å²) in [6.07, 6.45) is 3.33. The Morgan fingerprint density at radius 1 is 1.33 bits per heavy atom. The minimum Gasteiger partial charge on any atom is -0.491 e. The maximum Gasteiger partial charge on any atom is 0.251 e. The number of nitrogens with two attached hydrogens (primary N) is 1. The normalized spacial score (nSPS) is 10.1. The molecule has 0 heterocycles. The molecule has 0 saturated carbocycles. The summed E-state index contributed by atoms with van der Waals surface area (Å²) < 4.78 is 5.58. The molecule has 0 aliphatic heterocycles. The molecule has 100 valence electrons. The predicted octanol–water partition coefficient (Wildman–Crippen LogP) is 2.59. The minimum atomic E-state index is -0.110. The Bertz CT molecular complexity index is 391. The zero-order valence-electron chi connectivity index (χ0n) is 11.2. The molecule has 0 fully saturated rings. The van der Waals surface area contributed by atoms with Crippen molar-refractivity contribution in [2.75, 3.05) is 18.9 Å². The molecule has 0 aliphatic rings. The average Bonchev–Trinajstić information content (AvgIpc) is 2.36. The zero-order chi connectivity index (χ0) is 13.4. The number of ether oxygens (including phenoxy) is 1. The van der Waals surface area contributed by atoms with E-state index >= 15 is 0 Å². The number of hydrogen-bond donors (Lipinski definition) is 2. The van der Waals surface area contributed by atoms with Crippen molar-refractivity contribution in [3.05, 3.63) is 23.8 Å². The summed E-state index contributed by atoms with van der Waals surface area (Å²) in [6, 6.07) is 5.14. The average molecular weight is 250 g/mol. The van der Waals surface area contributed by atoms with Gasteiger partial charge in [-0.1, -0.05) is 19.8 Å². The number of amides is 1. The van der Waals surface area contributed by atoms with Gasteiger partial charge in [0.15, 0.2) is 0 Å². The highest BCUT2D eigenvalue weighted by Gasteiger charge is 2.07. The molecule has 1 rings (SSSR count). The Kier molecular flexibility index (Phi) is 6.05. The summed E-state index contributed by atoms with van der Waals surface area (Å²) >= 11 is 0. The molecule has 0 atom stereocenters. The Labute approximate surface area is 109 Å². The molecule has 1 aromatic carbocycles. The maximum atomic E-state index is 11.6. The van der Waals surface area contributed by atoms with Crippen LogP contribution >= 0.6 is 0 Å². The molecule has 0 radical (unpaired) electrons. The van der Waals surface area contributed by atoms with Crippen LogP contribution in [0.2, 0.25) is 0 Å². The lowest BCUT2D eigenvalue weighted by Gasteiger charge is -2.10. The van der Waals surface area contributed by atoms with Crippen LogP contribution < -0.4 is 15.8 Å². The van der Waals surface area contributed by atoms with Gasteiger partial charge < -0.3 is 15.8 Å². The molecule has 0 unspecified atom stereocenters. The van der Waals surface area contributed by atoms with E-state index < -0.39 is 0 Å². The number of benzene rings is 1. The van der Waals surface area contributed by atoms with Gasteiger partial charge in [0, 0.05) is 12.1 Å². The van der Waals surface area contributed by atoms with Gasteiger partial charge in [0.2, 0.25) is 0 Å². The van der Waals surface area contributed by atoms with Crippen LogP contribution in [-0.2, 0) is 0 Å². The van der Waals surface area contributed by atoms with Crippen molar-refractivity contribution in [3.63, 3.8) is 0 Å². The molecule has 1 aromatic rings. The summed E-state index contributed by atoms with van der Waals surface area (Å²) in [5.74, 6) is 0.542. The first-order valence-corrected chi connectivity index (χ1v) is 6.49. The first-order chi connectivity index (χ1) is 8.69. The minimum absolute atomic E-state index is 0.110. The fourth-order valence-corrected chi connectivity index (χ4v) is 1.62. The number of nitrogens with one attached hydrogen (secondary N) is 1. The van der Waals surface area contributed by atoms with Gasteiger partial charge in [0.25, 0.3) is 5.91 Å². The highest BCUT2D eigenvalue weighted by atomic mass is 16.5. The molecule has 18 heavy (non-hydrogen) atoms. The second-order valence-electron chi connectivity index (χ2n) is 4.17. The van der Waals surface area contributed by atoms with Crippen molar-refractivity contribution in [3.8, 4) is 5.75 Å². The number of carbonyl (C=O) groups excluding carboxylic acids is 1. The molecule has 0 spiro atoms. The number of hydrogen-bond acceptors (Lipinski definition) is 3. The molecule has 0 aromatic heterocycles. The lowest BCUT2D eigenvalue weighted by atomic mass is 10.1. The van der Waals surface area contributed by atoms with Crippen LogP contribution in [0.1, 0.15) is 43.5 Å². The standard InChI is InChI=1S/C14H22N2O2/c1-3-5-6-9-18-13-8-7-11(10-12(13)15)14(17)16-4-2/h7-8,10H,3-6,9,15H2,1-2H3,(H,16,17). The smallest absolute Gasteiger partial charge is 0.251 e. The molecule has 3 N–H and O–H groups in total. The van der Waals surface area contributed by atoms with E-state index in [1.807, 2.05) is 6.92 Å². The van der Waals surface area contributed by atoms with Crippen LogP contribution in [0.25, 0.3) is 0 Å². The van der Waals surface area contributed by atoms with Gasteiger partial charge in [-0.3, -0.25) is 4.79 Å². The summed E-state index contributed by atoms with van der Waals surface area (Å²) in [4.78, 5) is 11.6. The SMILES string of the molecule is CCCCCOc1ccc(C(=O)NCC)cc1N. The van der Waals surface area contributed by atoms with Crippen molar-refractivity contribution >= 4 is 11.6 Å². The maximum absolute atomic E-state index is 11.6.